The Kier molecular flexibility index (Phi) is 5.14. The van der Waals surface area contributed by atoms with Crippen molar-refractivity contribution >= 4 is 28.6 Å². The van der Waals surface area contributed by atoms with Crippen LogP contribution in [0.2, 0.25) is 5.02 Å². The van der Waals surface area contributed by atoms with Crippen LogP contribution in [-0.2, 0) is 0 Å². The molecule has 29 heavy (non-hydrogen) atoms. The van der Waals surface area contributed by atoms with Crippen LogP contribution in [0.15, 0.2) is 54.7 Å². The molecule has 8 heteroatoms. The summed E-state index contributed by atoms with van der Waals surface area (Å²) in [5.74, 6) is 2.41. The fourth-order valence-electron chi connectivity index (χ4n) is 3.08. The number of pyridine rings is 1. The van der Waals surface area contributed by atoms with Crippen LogP contribution in [0.1, 0.15) is 0 Å². The Morgan fingerprint density at radius 1 is 0.828 bits per heavy atom. The molecule has 2 aromatic carbocycles. The average Bonchev–Trinajstić information content (AvgIpc) is 3.16. The van der Waals surface area contributed by atoms with Crippen molar-refractivity contribution in [1.82, 2.24) is 14.6 Å². The normalized spacial score (nSPS) is 10.8. The zero-order valence-electron chi connectivity index (χ0n) is 16.1. The van der Waals surface area contributed by atoms with Gasteiger partial charge >= 0.3 is 0 Å². The molecule has 0 atom stereocenters. The standard InChI is InChI=1S/C21H19ClN4O3/c1-27-17-10-16(11-18(28-2)20(17)29-3)23-15-8-9-19-24-25-21(26(19)12-15)13-4-6-14(22)7-5-13/h4-12,23H,1-3H3. The second kappa shape index (κ2) is 7.89. The van der Waals surface area contributed by atoms with Gasteiger partial charge in [-0.25, -0.2) is 0 Å². The summed E-state index contributed by atoms with van der Waals surface area (Å²) < 4.78 is 18.1. The lowest BCUT2D eigenvalue weighted by Crippen LogP contribution is -1.99. The van der Waals surface area contributed by atoms with E-state index in [4.69, 9.17) is 25.8 Å². The third-order valence-electron chi connectivity index (χ3n) is 4.46. The SMILES string of the molecule is COc1cc(Nc2ccc3nnc(-c4ccc(Cl)cc4)n3c2)cc(OC)c1OC. The van der Waals surface area contributed by atoms with E-state index in [0.29, 0.717) is 22.3 Å². The summed E-state index contributed by atoms with van der Waals surface area (Å²) in [6.07, 6.45) is 1.93. The molecule has 0 bridgehead atoms. The summed E-state index contributed by atoms with van der Waals surface area (Å²) in [7, 11) is 4.75. The van der Waals surface area contributed by atoms with Gasteiger partial charge in [-0.3, -0.25) is 4.40 Å². The fraction of sp³-hybridized carbons (Fsp3) is 0.143. The molecular weight excluding hydrogens is 392 g/mol. The Balaban J connectivity index is 1.72. The number of hydrogen-bond acceptors (Lipinski definition) is 6. The van der Waals surface area contributed by atoms with E-state index in [0.717, 1.165) is 28.4 Å². The Morgan fingerprint density at radius 2 is 1.52 bits per heavy atom. The van der Waals surface area contributed by atoms with E-state index in [1.807, 2.05) is 59.1 Å². The molecule has 0 saturated carbocycles. The second-order valence-electron chi connectivity index (χ2n) is 6.22. The monoisotopic (exact) mass is 410 g/mol. The first-order chi connectivity index (χ1) is 14.1. The zero-order chi connectivity index (χ0) is 20.4. The van der Waals surface area contributed by atoms with Crippen LogP contribution in [0.5, 0.6) is 17.2 Å². The van der Waals surface area contributed by atoms with Gasteiger partial charge in [0, 0.05) is 34.6 Å². The van der Waals surface area contributed by atoms with Crippen LogP contribution in [0, 0.1) is 0 Å². The first-order valence-electron chi connectivity index (χ1n) is 8.80. The van der Waals surface area contributed by atoms with Crippen molar-refractivity contribution in [2.45, 2.75) is 0 Å². The number of fused-ring (bicyclic) bond motifs is 1. The molecule has 0 fully saturated rings. The van der Waals surface area contributed by atoms with E-state index in [-0.39, 0.29) is 0 Å². The molecule has 2 aromatic heterocycles. The van der Waals surface area contributed by atoms with Crippen molar-refractivity contribution < 1.29 is 14.2 Å². The van der Waals surface area contributed by atoms with Crippen LogP contribution >= 0.6 is 11.6 Å². The number of nitrogens with zero attached hydrogens (tertiary/aromatic N) is 3. The average molecular weight is 411 g/mol. The maximum Gasteiger partial charge on any atom is 0.203 e. The Morgan fingerprint density at radius 3 is 2.14 bits per heavy atom. The Labute approximate surface area is 172 Å². The van der Waals surface area contributed by atoms with Crippen LogP contribution < -0.4 is 19.5 Å². The summed E-state index contributed by atoms with van der Waals surface area (Å²) in [5, 5.41) is 12.6. The van der Waals surface area contributed by atoms with Gasteiger partial charge in [0.25, 0.3) is 0 Å². The highest BCUT2D eigenvalue weighted by atomic mass is 35.5. The Hall–Kier alpha value is -3.45. The molecule has 1 N–H and O–H groups in total. The molecule has 0 aliphatic carbocycles. The highest BCUT2D eigenvalue weighted by molar-refractivity contribution is 6.30. The third kappa shape index (κ3) is 3.64. The van der Waals surface area contributed by atoms with Crippen molar-refractivity contribution in [2.75, 3.05) is 26.6 Å². The molecule has 0 spiro atoms. The van der Waals surface area contributed by atoms with Gasteiger partial charge in [-0.2, -0.15) is 0 Å². The fourth-order valence-corrected chi connectivity index (χ4v) is 3.21. The first kappa shape index (κ1) is 18.9. The quantitative estimate of drug-likeness (QED) is 0.491. The van der Waals surface area contributed by atoms with E-state index < -0.39 is 0 Å². The number of halogens is 1. The molecule has 4 rings (SSSR count). The van der Waals surface area contributed by atoms with E-state index >= 15 is 0 Å². The number of hydrogen-bond donors (Lipinski definition) is 1. The van der Waals surface area contributed by atoms with Crippen LogP contribution in [-0.4, -0.2) is 35.9 Å². The second-order valence-corrected chi connectivity index (χ2v) is 6.65. The number of nitrogens with one attached hydrogen (secondary N) is 1. The van der Waals surface area contributed by atoms with Gasteiger partial charge in [0.1, 0.15) is 0 Å². The van der Waals surface area contributed by atoms with Gasteiger partial charge in [-0.05, 0) is 36.4 Å². The number of methoxy groups -OCH3 is 3. The molecule has 2 heterocycles. The van der Waals surface area contributed by atoms with Crippen LogP contribution in [0.3, 0.4) is 0 Å². The molecule has 0 saturated heterocycles. The summed E-state index contributed by atoms with van der Waals surface area (Å²) in [6, 6.07) is 15.0. The largest absolute Gasteiger partial charge is 0.493 e. The zero-order valence-corrected chi connectivity index (χ0v) is 16.9. The molecule has 0 aliphatic rings. The van der Waals surface area contributed by atoms with Gasteiger partial charge in [0.15, 0.2) is 23.0 Å². The van der Waals surface area contributed by atoms with E-state index in [1.54, 1.807) is 21.3 Å². The van der Waals surface area contributed by atoms with Crippen molar-refractivity contribution in [1.29, 1.82) is 0 Å². The summed E-state index contributed by atoms with van der Waals surface area (Å²) in [5.41, 5.74) is 3.30. The van der Waals surface area contributed by atoms with Crippen molar-refractivity contribution in [3.63, 3.8) is 0 Å². The minimum Gasteiger partial charge on any atom is -0.493 e. The number of anilines is 2. The molecule has 148 valence electrons. The van der Waals surface area contributed by atoms with Gasteiger partial charge in [-0.1, -0.05) is 11.6 Å². The minimum absolute atomic E-state index is 0.542. The highest BCUT2D eigenvalue weighted by Crippen LogP contribution is 2.40. The van der Waals surface area contributed by atoms with Crippen molar-refractivity contribution in [3.05, 3.63) is 59.8 Å². The number of benzene rings is 2. The molecule has 0 amide bonds. The predicted molar refractivity (Wildman–Crippen MR) is 113 cm³/mol. The van der Waals surface area contributed by atoms with Gasteiger partial charge < -0.3 is 19.5 Å². The molecule has 0 aliphatic heterocycles. The lowest BCUT2D eigenvalue weighted by Gasteiger charge is -2.15. The number of rotatable bonds is 6. The third-order valence-corrected chi connectivity index (χ3v) is 4.71. The van der Waals surface area contributed by atoms with E-state index in [2.05, 4.69) is 15.5 Å². The molecule has 0 radical (unpaired) electrons. The van der Waals surface area contributed by atoms with Gasteiger partial charge in [0.2, 0.25) is 5.75 Å². The topological polar surface area (TPSA) is 69.9 Å². The van der Waals surface area contributed by atoms with Gasteiger partial charge in [0.05, 0.1) is 27.0 Å². The van der Waals surface area contributed by atoms with E-state index in [1.165, 1.54) is 0 Å². The highest BCUT2D eigenvalue weighted by Gasteiger charge is 2.14. The summed E-state index contributed by atoms with van der Waals surface area (Å²) >= 11 is 6.00. The molecular formula is C21H19ClN4O3. The molecule has 0 unspecified atom stereocenters. The maximum atomic E-state index is 6.00. The maximum absolute atomic E-state index is 6.00. The minimum atomic E-state index is 0.542. The lowest BCUT2D eigenvalue weighted by molar-refractivity contribution is 0.324. The number of aromatic nitrogens is 3. The smallest absolute Gasteiger partial charge is 0.203 e. The summed E-state index contributed by atoms with van der Waals surface area (Å²) in [6.45, 7) is 0. The van der Waals surface area contributed by atoms with E-state index in [9.17, 15) is 0 Å². The predicted octanol–water partition coefficient (Wildman–Crippen LogP) is 4.82. The number of ether oxygens (including phenoxy) is 3. The Bertz CT molecular complexity index is 1130. The van der Waals surface area contributed by atoms with Crippen molar-refractivity contribution in [3.8, 4) is 28.6 Å². The molecule has 7 nitrogen and oxygen atoms in total. The summed E-state index contributed by atoms with van der Waals surface area (Å²) in [4.78, 5) is 0. The first-order valence-corrected chi connectivity index (χ1v) is 9.18. The molecule has 4 aromatic rings. The van der Waals surface area contributed by atoms with Crippen LogP contribution in [0.4, 0.5) is 11.4 Å². The lowest BCUT2D eigenvalue weighted by atomic mass is 10.2. The van der Waals surface area contributed by atoms with Gasteiger partial charge in [-0.15, -0.1) is 10.2 Å². The van der Waals surface area contributed by atoms with Crippen molar-refractivity contribution in [2.24, 2.45) is 0 Å². The van der Waals surface area contributed by atoms with Crippen LogP contribution in [0.25, 0.3) is 17.0 Å².